The molecule has 0 atom stereocenters. The largest absolute Gasteiger partial charge is 0.482 e. The van der Waals surface area contributed by atoms with E-state index >= 15 is 0 Å². The third-order valence-corrected chi connectivity index (χ3v) is 3.25. The molecule has 2 rings (SSSR count). The van der Waals surface area contributed by atoms with Crippen LogP contribution in [0.1, 0.15) is 41.4 Å². The van der Waals surface area contributed by atoms with Crippen molar-refractivity contribution >= 4 is 11.9 Å². The Kier molecular flexibility index (Phi) is 5.83. The molecule has 2 aromatic rings. The first-order valence-corrected chi connectivity index (χ1v) is 7.49. The van der Waals surface area contributed by atoms with Crippen LogP contribution in [0.4, 0.5) is 0 Å². The van der Waals surface area contributed by atoms with Crippen molar-refractivity contribution in [1.82, 2.24) is 15.3 Å². The first kappa shape index (κ1) is 17.4. The van der Waals surface area contributed by atoms with Gasteiger partial charge < -0.3 is 15.2 Å². The molecule has 1 heterocycles. The molecular formula is C17H19N3O4. The molecule has 0 aliphatic rings. The van der Waals surface area contributed by atoms with Crippen molar-refractivity contribution in [2.75, 3.05) is 6.61 Å². The minimum absolute atomic E-state index is 0.112. The summed E-state index contributed by atoms with van der Waals surface area (Å²) in [5.41, 5.74) is 1.95. The van der Waals surface area contributed by atoms with Gasteiger partial charge in [-0.3, -0.25) is 4.79 Å². The second-order valence-electron chi connectivity index (χ2n) is 5.49. The molecule has 0 aliphatic carbocycles. The number of carbonyl (C=O) groups is 2. The maximum absolute atomic E-state index is 12.3. The van der Waals surface area contributed by atoms with Crippen molar-refractivity contribution in [1.29, 1.82) is 0 Å². The summed E-state index contributed by atoms with van der Waals surface area (Å²) in [5.74, 6) is -0.744. The van der Waals surface area contributed by atoms with Crippen LogP contribution in [0.25, 0.3) is 0 Å². The van der Waals surface area contributed by atoms with Gasteiger partial charge in [-0.25, -0.2) is 14.8 Å². The molecular weight excluding hydrogens is 310 g/mol. The number of carboxylic acid groups (broad SMARTS) is 1. The number of ether oxygens (including phenoxy) is 1. The van der Waals surface area contributed by atoms with E-state index < -0.39 is 12.6 Å². The molecule has 0 aliphatic heterocycles. The van der Waals surface area contributed by atoms with E-state index in [1.165, 1.54) is 12.5 Å². The number of benzene rings is 1. The summed E-state index contributed by atoms with van der Waals surface area (Å²) in [7, 11) is 0. The number of nitrogens with zero attached hydrogens (tertiary/aromatic N) is 2. The minimum Gasteiger partial charge on any atom is -0.482 e. The van der Waals surface area contributed by atoms with E-state index in [-0.39, 0.29) is 18.4 Å². The molecule has 1 aromatic heterocycles. The fraction of sp³-hybridized carbons (Fsp3) is 0.294. The van der Waals surface area contributed by atoms with Gasteiger partial charge in [0.25, 0.3) is 5.91 Å². The number of aliphatic carboxylic acids is 1. The number of hydrogen-bond donors (Lipinski definition) is 2. The van der Waals surface area contributed by atoms with Gasteiger partial charge in [-0.2, -0.15) is 0 Å². The quantitative estimate of drug-likeness (QED) is 0.805. The molecule has 7 nitrogen and oxygen atoms in total. The van der Waals surface area contributed by atoms with E-state index in [2.05, 4.69) is 15.3 Å². The molecule has 0 radical (unpaired) electrons. The van der Waals surface area contributed by atoms with Crippen molar-refractivity contribution in [3.63, 3.8) is 0 Å². The molecule has 0 fully saturated rings. The molecule has 0 saturated heterocycles. The van der Waals surface area contributed by atoms with E-state index in [4.69, 9.17) is 9.84 Å². The first-order chi connectivity index (χ1) is 11.5. The second-order valence-corrected chi connectivity index (χ2v) is 5.49. The number of carbonyl (C=O) groups excluding carboxylic acids is 1. The van der Waals surface area contributed by atoms with Gasteiger partial charge in [0, 0.05) is 12.7 Å². The molecule has 0 unspecified atom stereocenters. The highest BCUT2D eigenvalue weighted by Crippen LogP contribution is 2.16. The van der Waals surface area contributed by atoms with Gasteiger partial charge in [0.15, 0.2) is 6.61 Å². The summed E-state index contributed by atoms with van der Waals surface area (Å²) in [6.45, 7) is 3.80. The number of aromatic nitrogens is 2. The standard InChI is InChI=1S/C17H19N3O4/c1-11(2)16-14(8-18-10-20-16)17(23)19-7-12-4-3-5-13(6-12)24-9-15(21)22/h3-6,8,10-11H,7,9H2,1-2H3,(H,19,23)(H,21,22). The lowest BCUT2D eigenvalue weighted by atomic mass is 10.0. The average molecular weight is 329 g/mol. The van der Waals surface area contributed by atoms with Crippen molar-refractivity contribution in [3.8, 4) is 5.75 Å². The molecule has 126 valence electrons. The molecule has 1 aromatic carbocycles. The van der Waals surface area contributed by atoms with Crippen molar-refractivity contribution in [2.24, 2.45) is 0 Å². The molecule has 0 bridgehead atoms. The van der Waals surface area contributed by atoms with E-state index in [9.17, 15) is 9.59 Å². The third-order valence-electron chi connectivity index (χ3n) is 3.25. The second kappa shape index (κ2) is 8.05. The Bertz CT molecular complexity index is 731. The zero-order chi connectivity index (χ0) is 17.5. The van der Waals surface area contributed by atoms with E-state index in [0.717, 1.165) is 5.56 Å². The van der Waals surface area contributed by atoms with Gasteiger partial charge in [-0.05, 0) is 23.6 Å². The predicted octanol–water partition coefficient (Wildman–Crippen LogP) is 1.99. The summed E-state index contributed by atoms with van der Waals surface area (Å²) >= 11 is 0. The van der Waals surface area contributed by atoms with E-state index in [0.29, 0.717) is 17.0 Å². The van der Waals surface area contributed by atoms with Gasteiger partial charge in [0.2, 0.25) is 0 Å². The Balaban J connectivity index is 2.02. The maximum Gasteiger partial charge on any atom is 0.341 e. The normalized spacial score (nSPS) is 10.5. The number of carboxylic acids is 1. The van der Waals surface area contributed by atoms with Crippen LogP contribution in [0.5, 0.6) is 5.75 Å². The van der Waals surface area contributed by atoms with Gasteiger partial charge in [-0.15, -0.1) is 0 Å². The summed E-state index contributed by atoms with van der Waals surface area (Å²) in [5, 5.41) is 11.4. The smallest absolute Gasteiger partial charge is 0.341 e. The van der Waals surface area contributed by atoms with Crippen LogP contribution in [0.2, 0.25) is 0 Å². The van der Waals surface area contributed by atoms with E-state index in [1.54, 1.807) is 18.2 Å². The Hall–Kier alpha value is -2.96. The van der Waals surface area contributed by atoms with Gasteiger partial charge >= 0.3 is 5.97 Å². The van der Waals surface area contributed by atoms with E-state index in [1.807, 2.05) is 19.9 Å². The fourth-order valence-electron chi connectivity index (χ4n) is 2.14. The molecule has 1 amide bonds. The van der Waals surface area contributed by atoms with Crippen molar-refractivity contribution in [3.05, 3.63) is 53.6 Å². The monoisotopic (exact) mass is 329 g/mol. The van der Waals surface area contributed by atoms with Gasteiger partial charge in [0.05, 0.1) is 11.3 Å². The molecule has 0 spiro atoms. The zero-order valence-electron chi connectivity index (χ0n) is 13.5. The Labute approximate surface area is 139 Å². The number of amides is 1. The topological polar surface area (TPSA) is 101 Å². The molecule has 7 heteroatoms. The van der Waals surface area contributed by atoms with Crippen LogP contribution in [0, 0.1) is 0 Å². The van der Waals surface area contributed by atoms with Crippen LogP contribution in [0.3, 0.4) is 0 Å². The highest BCUT2D eigenvalue weighted by atomic mass is 16.5. The van der Waals surface area contributed by atoms with Crippen LogP contribution >= 0.6 is 0 Å². The Morgan fingerprint density at radius 3 is 2.83 bits per heavy atom. The lowest BCUT2D eigenvalue weighted by molar-refractivity contribution is -0.139. The highest BCUT2D eigenvalue weighted by Gasteiger charge is 2.15. The van der Waals surface area contributed by atoms with Crippen molar-refractivity contribution in [2.45, 2.75) is 26.3 Å². The lowest BCUT2D eigenvalue weighted by Crippen LogP contribution is -2.25. The Morgan fingerprint density at radius 1 is 1.33 bits per heavy atom. The molecule has 24 heavy (non-hydrogen) atoms. The third kappa shape index (κ3) is 4.77. The van der Waals surface area contributed by atoms with Crippen LogP contribution in [-0.4, -0.2) is 33.6 Å². The van der Waals surface area contributed by atoms with Gasteiger partial charge in [-0.1, -0.05) is 26.0 Å². The number of nitrogens with one attached hydrogen (secondary N) is 1. The average Bonchev–Trinajstić information content (AvgIpc) is 2.58. The van der Waals surface area contributed by atoms with Crippen LogP contribution in [-0.2, 0) is 11.3 Å². The molecule has 0 saturated carbocycles. The predicted molar refractivity (Wildman–Crippen MR) is 86.9 cm³/mol. The molecule has 2 N–H and O–H groups in total. The summed E-state index contributed by atoms with van der Waals surface area (Å²) in [6.07, 6.45) is 2.93. The van der Waals surface area contributed by atoms with Crippen LogP contribution in [0.15, 0.2) is 36.8 Å². The number of hydrogen-bond acceptors (Lipinski definition) is 5. The van der Waals surface area contributed by atoms with Crippen molar-refractivity contribution < 1.29 is 19.4 Å². The lowest BCUT2D eigenvalue weighted by Gasteiger charge is -2.11. The Morgan fingerprint density at radius 2 is 2.12 bits per heavy atom. The summed E-state index contributed by atoms with van der Waals surface area (Å²) in [4.78, 5) is 30.9. The van der Waals surface area contributed by atoms with Gasteiger partial charge in [0.1, 0.15) is 12.1 Å². The minimum atomic E-state index is -1.04. The van der Waals surface area contributed by atoms with Crippen LogP contribution < -0.4 is 10.1 Å². The summed E-state index contributed by atoms with van der Waals surface area (Å²) < 4.78 is 5.12. The highest BCUT2D eigenvalue weighted by molar-refractivity contribution is 5.95. The first-order valence-electron chi connectivity index (χ1n) is 7.49. The zero-order valence-corrected chi connectivity index (χ0v) is 13.5. The SMILES string of the molecule is CC(C)c1ncncc1C(=O)NCc1cccc(OCC(=O)O)c1. The fourth-order valence-corrected chi connectivity index (χ4v) is 2.14. The summed E-state index contributed by atoms with van der Waals surface area (Å²) in [6, 6.07) is 6.91. The number of rotatable bonds is 7. The maximum atomic E-state index is 12.3.